The van der Waals surface area contributed by atoms with Crippen molar-refractivity contribution < 1.29 is 14.2 Å². The van der Waals surface area contributed by atoms with E-state index < -0.39 is 0 Å². The van der Waals surface area contributed by atoms with Crippen LogP contribution in [0.2, 0.25) is 5.02 Å². The zero-order chi connectivity index (χ0) is 19.4. The Labute approximate surface area is 163 Å². The van der Waals surface area contributed by atoms with Crippen LogP contribution in [0.1, 0.15) is 25.1 Å². The number of nitriles is 1. The van der Waals surface area contributed by atoms with Crippen LogP contribution in [0.25, 0.3) is 10.9 Å². The van der Waals surface area contributed by atoms with Gasteiger partial charge in [-0.1, -0.05) is 18.5 Å². The van der Waals surface area contributed by atoms with Crippen molar-refractivity contribution in [2.45, 2.75) is 20.3 Å². The van der Waals surface area contributed by atoms with E-state index in [1.807, 2.05) is 32.0 Å². The molecule has 0 N–H and O–H groups in total. The first-order valence-electron chi connectivity index (χ1n) is 8.62. The molecular weight excluding hydrogens is 364 g/mol. The van der Waals surface area contributed by atoms with Crippen molar-refractivity contribution in [3.05, 3.63) is 52.7 Å². The lowest BCUT2D eigenvalue weighted by Crippen LogP contribution is -2.00. The molecule has 0 bridgehead atoms. The number of methoxy groups -OCH3 is 1. The molecule has 6 heteroatoms. The molecule has 3 rings (SSSR count). The summed E-state index contributed by atoms with van der Waals surface area (Å²) in [5, 5.41) is 10.9. The standard InChI is InChI=1S/C21H19ClN2O3/c1-4-18-16(12-23)21(27-14-7-9-20(25-3)17(22)10-14)15-8-6-13(26-5-2)11-19(15)24-18/h6-11H,4-5H2,1-3H3. The van der Waals surface area contributed by atoms with E-state index in [2.05, 4.69) is 11.1 Å². The lowest BCUT2D eigenvalue weighted by molar-refractivity contribution is 0.340. The third kappa shape index (κ3) is 3.76. The number of ether oxygens (including phenoxy) is 3. The molecule has 138 valence electrons. The molecule has 0 aliphatic carbocycles. The van der Waals surface area contributed by atoms with E-state index in [1.165, 1.54) is 0 Å². The molecule has 0 amide bonds. The number of hydrogen-bond acceptors (Lipinski definition) is 5. The number of nitrogens with zero attached hydrogens (tertiary/aromatic N) is 2. The van der Waals surface area contributed by atoms with Gasteiger partial charge >= 0.3 is 0 Å². The number of aromatic nitrogens is 1. The highest BCUT2D eigenvalue weighted by atomic mass is 35.5. The zero-order valence-corrected chi connectivity index (χ0v) is 16.1. The Hall–Kier alpha value is -2.97. The fourth-order valence-corrected chi connectivity index (χ4v) is 3.07. The number of benzene rings is 2. The fraction of sp³-hybridized carbons (Fsp3) is 0.238. The maximum atomic E-state index is 9.70. The van der Waals surface area contributed by atoms with E-state index in [1.54, 1.807) is 25.3 Å². The van der Waals surface area contributed by atoms with Gasteiger partial charge in [0.15, 0.2) is 5.75 Å². The third-order valence-electron chi connectivity index (χ3n) is 4.09. The molecule has 1 heterocycles. The molecule has 2 aromatic carbocycles. The second kappa shape index (κ2) is 8.15. The maximum absolute atomic E-state index is 9.70. The summed E-state index contributed by atoms with van der Waals surface area (Å²) in [6, 6.07) is 12.9. The first kappa shape index (κ1) is 18.8. The summed E-state index contributed by atoms with van der Waals surface area (Å²) in [5.41, 5.74) is 1.81. The Balaban J connectivity index is 2.16. The third-order valence-corrected chi connectivity index (χ3v) is 4.38. The van der Waals surface area contributed by atoms with E-state index in [0.29, 0.717) is 52.1 Å². The van der Waals surface area contributed by atoms with E-state index in [0.717, 1.165) is 11.1 Å². The smallest absolute Gasteiger partial charge is 0.156 e. The topological polar surface area (TPSA) is 64.4 Å². The Kier molecular flexibility index (Phi) is 5.68. The first-order chi connectivity index (χ1) is 13.1. The molecule has 0 saturated heterocycles. The zero-order valence-electron chi connectivity index (χ0n) is 15.4. The molecule has 0 spiro atoms. The Morgan fingerprint density at radius 1 is 1.11 bits per heavy atom. The predicted molar refractivity (Wildman–Crippen MR) is 105 cm³/mol. The van der Waals surface area contributed by atoms with E-state index in [9.17, 15) is 5.26 Å². The van der Waals surface area contributed by atoms with Crippen LogP contribution >= 0.6 is 11.6 Å². The van der Waals surface area contributed by atoms with Gasteiger partial charge < -0.3 is 14.2 Å². The number of pyridine rings is 1. The quantitative estimate of drug-likeness (QED) is 0.561. The SMILES string of the molecule is CCOc1ccc2c(Oc3ccc(OC)c(Cl)c3)c(C#N)c(CC)nc2c1. The number of halogens is 1. The molecule has 5 nitrogen and oxygen atoms in total. The highest BCUT2D eigenvalue weighted by molar-refractivity contribution is 6.32. The van der Waals surface area contributed by atoms with Gasteiger partial charge in [-0.15, -0.1) is 0 Å². The largest absolute Gasteiger partial charge is 0.495 e. The van der Waals surface area contributed by atoms with Crippen LogP contribution < -0.4 is 14.2 Å². The molecule has 27 heavy (non-hydrogen) atoms. The summed E-state index contributed by atoms with van der Waals surface area (Å²) in [6.07, 6.45) is 0.609. The van der Waals surface area contributed by atoms with Gasteiger partial charge in [-0.3, -0.25) is 4.98 Å². The Bertz CT molecular complexity index is 1030. The minimum atomic E-state index is 0.418. The Morgan fingerprint density at radius 3 is 2.52 bits per heavy atom. The minimum Gasteiger partial charge on any atom is -0.495 e. The second-order valence-corrected chi connectivity index (χ2v) is 6.15. The average Bonchev–Trinajstić information content (AvgIpc) is 2.67. The number of fused-ring (bicyclic) bond motifs is 1. The van der Waals surface area contributed by atoms with Gasteiger partial charge in [0.05, 0.1) is 29.9 Å². The highest BCUT2D eigenvalue weighted by Crippen LogP contribution is 2.37. The molecule has 1 aromatic heterocycles. The minimum absolute atomic E-state index is 0.418. The maximum Gasteiger partial charge on any atom is 0.156 e. The molecule has 0 radical (unpaired) electrons. The molecule has 0 fully saturated rings. The van der Waals surface area contributed by atoms with Crippen LogP contribution in [-0.2, 0) is 6.42 Å². The summed E-state index contributed by atoms with van der Waals surface area (Å²) in [4.78, 5) is 4.63. The van der Waals surface area contributed by atoms with Gasteiger partial charge in [0.1, 0.15) is 28.9 Å². The van der Waals surface area contributed by atoms with Crippen molar-refractivity contribution in [2.24, 2.45) is 0 Å². The summed E-state index contributed by atoms with van der Waals surface area (Å²) in [7, 11) is 1.55. The van der Waals surface area contributed by atoms with Crippen molar-refractivity contribution in [3.63, 3.8) is 0 Å². The van der Waals surface area contributed by atoms with E-state index >= 15 is 0 Å². The van der Waals surface area contributed by atoms with Crippen LogP contribution in [0.4, 0.5) is 0 Å². The van der Waals surface area contributed by atoms with Crippen molar-refractivity contribution >= 4 is 22.5 Å². The normalized spacial score (nSPS) is 10.5. The van der Waals surface area contributed by atoms with Crippen molar-refractivity contribution in [2.75, 3.05) is 13.7 Å². The van der Waals surface area contributed by atoms with Crippen LogP contribution in [0.3, 0.4) is 0 Å². The lowest BCUT2D eigenvalue weighted by atomic mass is 10.1. The molecule has 3 aromatic rings. The number of aryl methyl sites for hydroxylation is 1. The summed E-state index contributed by atoms with van der Waals surface area (Å²) < 4.78 is 16.8. The van der Waals surface area contributed by atoms with Crippen LogP contribution in [0.15, 0.2) is 36.4 Å². The predicted octanol–water partition coefficient (Wildman–Crippen LogP) is 5.52. The average molecular weight is 383 g/mol. The monoisotopic (exact) mass is 382 g/mol. The van der Waals surface area contributed by atoms with E-state index in [-0.39, 0.29) is 0 Å². The van der Waals surface area contributed by atoms with Crippen molar-refractivity contribution in [1.29, 1.82) is 5.26 Å². The van der Waals surface area contributed by atoms with Gasteiger partial charge in [0, 0.05) is 17.5 Å². The van der Waals surface area contributed by atoms with Crippen molar-refractivity contribution in [1.82, 2.24) is 4.98 Å². The second-order valence-electron chi connectivity index (χ2n) is 5.74. The summed E-state index contributed by atoms with van der Waals surface area (Å²) >= 11 is 6.20. The first-order valence-corrected chi connectivity index (χ1v) is 9.00. The lowest BCUT2D eigenvalue weighted by Gasteiger charge is -2.15. The molecule has 0 aliphatic rings. The van der Waals surface area contributed by atoms with Gasteiger partial charge in [-0.05, 0) is 37.6 Å². The number of rotatable bonds is 6. The number of hydrogen-bond donors (Lipinski definition) is 0. The molecule has 0 aliphatic heterocycles. The molecular formula is C21H19ClN2O3. The molecule has 0 unspecified atom stereocenters. The van der Waals surface area contributed by atoms with Gasteiger partial charge in [0.25, 0.3) is 0 Å². The fourth-order valence-electron chi connectivity index (χ4n) is 2.83. The summed E-state index contributed by atoms with van der Waals surface area (Å²) in [6.45, 7) is 4.45. The Morgan fingerprint density at radius 2 is 1.89 bits per heavy atom. The van der Waals surface area contributed by atoms with Gasteiger partial charge in [-0.2, -0.15) is 5.26 Å². The highest BCUT2D eigenvalue weighted by Gasteiger charge is 2.17. The molecule has 0 saturated carbocycles. The van der Waals surface area contributed by atoms with Crippen LogP contribution in [0, 0.1) is 11.3 Å². The van der Waals surface area contributed by atoms with Gasteiger partial charge in [-0.25, -0.2) is 0 Å². The van der Waals surface area contributed by atoms with Crippen LogP contribution in [0.5, 0.6) is 23.0 Å². The van der Waals surface area contributed by atoms with E-state index in [4.69, 9.17) is 25.8 Å². The molecule has 0 atom stereocenters. The van der Waals surface area contributed by atoms with Crippen LogP contribution in [-0.4, -0.2) is 18.7 Å². The van der Waals surface area contributed by atoms with Gasteiger partial charge in [0.2, 0.25) is 0 Å². The summed E-state index contributed by atoms with van der Waals surface area (Å²) in [5.74, 6) is 2.26. The van der Waals surface area contributed by atoms with Crippen molar-refractivity contribution in [3.8, 4) is 29.1 Å².